The van der Waals surface area contributed by atoms with E-state index in [1.54, 1.807) is 22.7 Å². The van der Waals surface area contributed by atoms with Gasteiger partial charge in [-0.1, -0.05) is 38.1 Å². The molecule has 9 rings (SSSR count). The van der Waals surface area contributed by atoms with Crippen LogP contribution in [0.1, 0.15) is 78.2 Å². The fraction of sp³-hybridized carbons (Fsp3) is 0.600. The number of carbonyl (C=O) groups is 2. The number of carbonyl (C=O) groups excluding carboxylic acids is 2. The van der Waals surface area contributed by atoms with Crippen LogP contribution in [0, 0.1) is 40.4 Å². The fourth-order valence-corrected chi connectivity index (χ4v) is 12.5. The molecule has 2 bridgehead atoms. The minimum Gasteiger partial charge on any atom is -0.440 e. The Morgan fingerprint density at radius 1 is 1.07 bits per heavy atom. The Morgan fingerprint density at radius 3 is 2.62 bits per heavy atom. The summed E-state index contributed by atoms with van der Waals surface area (Å²) < 4.78 is 6.51. The lowest BCUT2D eigenvalue weighted by atomic mass is 9.32. The van der Waals surface area contributed by atoms with Gasteiger partial charge >= 0.3 is 6.09 Å². The first kappa shape index (κ1) is 27.3. The van der Waals surface area contributed by atoms with Gasteiger partial charge < -0.3 is 14.7 Å². The Labute approximate surface area is 256 Å². The average Bonchev–Trinajstić information content (AvgIpc) is 3.75. The summed E-state index contributed by atoms with van der Waals surface area (Å²) in [6.45, 7) is 8.21. The van der Waals surface area contributed by atoms with Gasteiger partial charge in [0.2, 0.25) is 0 Å². The summed E-state index contributed by atoms with van der Waals surface area (Å²) in [5, 5.41) is 13.0. The van der Waals surface area contributed by atoms with Crippen LogP contribution in [-0.2, 0) is 11.2 Å². The molecular weight excluding hydrogens is 563 g/mol. The molecule has 3 heterocycles. The Bertz CT molecular complexity index is 1520. The van der Waals surface area contributed by atoms with E-state index in [0.717, 1.165) is 60.3 Å². The maximum Gasteiger partial charge on any atom is 0.410 e. The predicted molar refractivity (Wildman–Crippen MR) is 166 cm³/mol. The van der Waals surface area contributed by atoms with Crippen molar-refractivity contribution in [3.8, 4) is 0 Å². The molecule has 1 saturated heterocycles. The third-order valence-corrected chi connectivity index (χ3v) is 15.0. The number of Topliss-reactive ketones (excluding diaryl/α,β-unsaturated/α-hetero) is 1. The number of fused-ring (bicyclic) bond motifs is 2. The lowest BCUT2D eigenvalue weighted by molar-refractivity contribution is -0.164. The van der Waals surface area contributed by atoms with Crippen LogP contribution in [-0.4, -0.2) is 46.7 Å². The highest BCUT2D eigenvalue weighted by Crippen LogP contribution is 2.79. The molecule has 5 nitrogen and oxygen atoms in total. The van der Waals surface area contributed by atoms with E-state index in [0.29, 0.717) is 25.4 Å². The first-order valence-corrected chi connectivity index (χ1v) is 17.5. The summed E-state index contributed by atoms with van der Waals surface area (Å²) in [6, 6.07) is 8.25. The molecule has 6 aliphatic carbocycles. The van der Waals surface area contributed by atoms with Crippen LogP contribution in [0.2, 0.25) is 0 Å². The van der Waals surface area contributed by atoms with Gasteiger partial charge in [0.15, 0.2) is 5.78 Å². The zero-order valence-electron chi connectivity index (χ0n) is 24.9. The van der Waals surface area contributed by atoms with E-state index >= 15 is 0 Å². The van der Waals surface area contributed by atoms with Crippen molar-refractivity contribution in [2.45, 2.75) is 83.8 Å². The number of hydrogen-bond donors (Lipinski definition) is 1. The summed E-state index contributed by atoms with van der Waals surface area (Å²) in [6.07, 6.45) is 13.8. The number of ether oxygens (including phenoxy) is 1. The molecule has 3 saturated carbocycles. The van der Waals surface area contributed by atoms with E-state index in [9.17, 15) is 14.7 Å². The van der Waals surface area contributed by atoms with Crippen molar-refractivity contribution >= 4 is 34.6 Å². The molecular formula is C35H41NO4S2. The number of aliphatic hydroxyl groups is 1. The third-order valence-electron chi connectivity index (χ3n) is 13.1. The number of rotatable bonds is 5. The summed E-state index contributed by atoms with van der Waals surface area (Å²) in [4.78, 5) is 33.2. The van der Waals surface area contributed by atoms with Gasteiger partial charge in [0.05, 0.1) is 17.5 Å². The number of nitrogens with zero attached hydrogens (tertiary/aromatic N) is 1. The van der Waals surface area contributed by atoms with Gasteiger partial charge in [-0.2, -0.15) is 0 Å². The Morgan fingerprint density at radius 2 is 1.86 bits per heavy atom. The summed E-state index contributed by atoms with van der Waals surface area (Å²) >= 11 is 3.33. The predicted octanol–water partition coefficient (Wildman–Crippen LogP) is 7.59. The topological polar surface area (TPSA) is 66.8 Å². The van der Waals surface area contributed by atoms with Gasteiger partial charge in [0.1, 0.15) is 5.60 Å². The molecule has 7 aliphatic rings. The molecule has 2 aromatic rings. The van der Waals surface area contributed by atoms with Gasteiger partial charge in [-0.05, 0) is 99.1 Å². The number of ketones is 1. The molecule has 0 unspecified atom stereocenters. The standard InChI is InChI=1S/C35H41NO4S2/c1-22-6-7-26(42-22)29(38)25-20-33-15-16-35(25)27(31(33,2)12-8-23(37)19-33)9-13-32(3)28(35)10-14-34(32)21-36(30(39)40-34)17-11-24-5-4-18-41-24/h4-7,15-16,18,20,23,27-28,37H,8-14,17,19,21H2,1-3H3/t23-,27+,28+,31+,32-,33-,34+,35+/m0/s1. The fourth-order valence-electron chi connectivity index (χ4n) is 10.9. The Hall–Kier alpha value is -2.22. The highest BCUT2D eigenvalue weighted by atomic mass is 32.1. The largest absolute Gasteiger partial charge is 0.440 e. The van der Waals surface area contributed by atoms with E-state index in [2.05, 4.69) is 62.6 Å². The number of aliphatic hydroxyl groups excluding tert-OH is 1. The van der Waals surface area contributed by atoms with Crippen molar-refractivity contribution in [3.05, 3.63) is 68.1 Å². The molecule has 42 heavy (non-hydrogen) atoms. The van der Waals surface area contributed by atoms with Gasteiger partial charge in [-0.25, -0.2) is 4.79 Å². The molecule has 3 spiro atoms. The quantitative estimate of drug-likeness (QED) is 0.282. The van der Waals surface area contributed by atoms with Gasteiger partial charge in [-0.3, -0.25) is 4.79 Å². The summed E-state index contributed by atoms with van der Waals surface area (Å²) in [5.41, 5.74) is -0.491. The lowest BCUT2D eigenvalue weighted by Gasteiger charge is -2.71. The van der Waals surface area contributed by atoms with Crippen molar-refractivity contribution in [2.75, 3.05) is 13.1 Å². The molecule has 0 radical (unpaired) electrons. The number of thiophene rings is 2. The summed E-state index contributed by atoms with van der Waals surface area (Å²) in [5.74, 6) is 0.700. The first-order chi connectivity index (χ1) is 20.1. The number of aryl methyl sites for hydroxylation is 1. The molecule has 1 aliphatic heterocycles. The second-order valence-electron chi connectivity index (χ2n) is 14.6. The maximum absolute atomic E-state index is 14.6. The molecule has 4 fully saturated rings. The highest BCUT2D eigenvalue weighted by molar-refractivity contribution is 7.14. The maximum atomic E-state index is 14.6. The van der Waals surface area contributed by atoms with Crippen LogP contribution in [0.4, 0.5) is 4.79 Å². The number of hydrogen-bond acceptors (Lipinski definition) is 6. The third kappa shape index (κ3) is 3.34. The van der Waals surface area contributed by atoms with Crippen LogP contribution < -0.4 is 0 Å². The van der Waals surface area contributed by atoms with Crippen molar-refractivity contribution in [1.82, 2.24) is 4.90 Å². The Balaban J connectivity index is 1.21. The van der Waals surface area contributed by atoms with Crippen molar-refractivity contribution < 1.29 is 19.4 Å². The van der Waals surface area contributed by atoms with Crippen LogP contribution in [0.3, 0.4) is 0 Å². The number of allylic oxidation sites excluding steroid dienone is 4. The van der Waals surface area contributed by atoms with E-state index in [4.69, 9.17) is 4.74 Å². The van der Waals surface area contributed by atoms with Crippen LogP contribution >= 0.6 is 22.7 Å². The van der Waals surface area contributed by atoms with Crippen LogP contribution in [0.5, 0.6) is 0 Å². The minimum atomic E-state index is -0.527. The molecule has 1 amide bonds. The van der Waals surface area contributed by atoms with E-state index < -0.39 is 5.60 Å². The second-order valence-corrected chi connectivity index (χ2v) is 17.0. The van der Waals surface area contributed by atoms with Crippen LogP contribution in [0.15, 0.2) is 53.4 Å². The zero-order valence-corrected chi connectivity index (χ0v) is 26.5. The number of amides is 1. The van der Waals surface area contributed by atoms with E-state index in [-0.39, 0.29) is 45.6 Å². The smallest absolute Gasteiger partial charge is 0.410 e. The summed E-state index contributed by atoms with van der Waals surface area (Å²) in [7, 11) is 0. The SMILES string of the molecule is Cc1ccc(C(=O)C2=C[C@@]34C=C[C@@]25[C@@H]2CC[C@@]6(CN(CCc7cccs7)C(=O)O6)[C@@]2(C)CC[C@@H]5[C@@]3(C)CC[C@H](O)C4)s1. The van der Waals surface area contributed by atoms with E-state index in [1.165, 1.54) is 4.88 Å². The van der Waals surface area contributed by atoms with E-state index in [1.807, 2.05) is 11.0 Å². The normalized spacial score (nSPS) is 43.2. The second kappa shape index (κ2) is 8.92. The average molecular weight is 604 g/mol. The lowest BCUT2D eigenvalue weighted by Crippen LogP contribution is -2.67. The minimum absolute atomic E-state index is 0.00763. The van der Waals surface area contributed by atoms with Crippen molar-refractivity contribution in [3.63, 3.8) is 0 Å². The molecule has 0 aromatic carbocycles. The van der Waals surface area contributed by atoms with Gasteiger partial charge in [-0.15, -0.1) is 22.7 Å². The molecule has 8 atom stereocenters. The Kier molecular flexibility index (Phi) is 5.81. The molecule has 7 heteroatoms. The van der Waals surface area contributed by atoms with Crippen LogP contribution in [0.25, 0.3) is 0 Å². The first-order valence-electron chi connectivity index (χ1n) is 15.8. The molecule has 222 valence electrons. The van der Waals surface area contributed by atoms with Gasteiger partial charge in [0, 0.05) is 38.1 Å². The zero-order chi connectivity index (χ0) is 29.1. The van der Waals surface area contributed by atoms with Crippen molar-refractivity contribution in [2.24, 2.45) is 33.5 Å². The van der Waals surface area contributed by atoms with Gasteiger partial charge in [0.25, 0.3) is 0 Å². The molecule has 2 aromatic heterocycles. The highest BCUT2D eigenvalue weighted by Gasteiger charge is 2.76. The monoisotopic (exact) mass is 603 g/mol. The molecule has 1 N–H and O–H groups in total. The van der Waals surface area contributed by atoms with Crippen molar-refractivity contribution in [1.29, 1.82) is 0 Å².